The van der Waals surface area contributed by atoms with E-state index in [-0.39, 0.29) is 11.4 Å². The van der Waals surface area contributed by atoms with Crippen molar-refractivity contribution in [2.24, 2.45) is 0 Å². The van der Waals surface area contributed by atoms with Crippen LogP contribution in [0.2, 0.25) is 0 Å². The Hall–Kier alpha value is -1.60. The fourth-order valence-corrected chi connectivity index (χ4v) is 2.28. The van der Waals surface area contributed by atoms with Crippen molar-refractivity contribution in [1.29, 1.82) is 5.26 Å². The lowest BCUT2D eigenvalue weighted by Crippen LogP contribution is -2.57. The summed E-state index contributed by atoms with van der Waals surface area (Å²) in [4.78, 5) is 4.44. The van der Waals surface area contributed by atoms with Crippen LogP contribution < -0.4 is 4.90 Å². The molecule has 1 aliphatic heterocycles. The molecule has 1 fully saturated rings. The van der Waals surface area contributed by atoms with Gasteiger partial charge in [-0.2, -0.15) is 5.26 Å². The summed E-state index contributed by atoms with van der Waals surface area (Å²) in [5.41, 5.74) is 1.23. The Morgan fingerprint density at radius 3 is 2.61 bits per heavy atom. The van der Waals surface area contributed by atoms with E-state index in [1.54, 1.807) is 6.07 Å². The van der Waals surface area contributed by atoms with Crippen LogP contribution in [0.15, 0.2) is 18.2 Å². The summed E-state index contributed by atoms with van der Waals surface area (Å²) in [6.45, 7) is 6.96. The minimum absolute atomic E-state index is 0.0530. The van der Waals surface area contributed by atoms with Crippen molar-refractivity contribution < 1.29 is 4.39 Å². The molecule has 1 aliphatic rings. The summed E-state index contributed by atoms with van der Waals surface area (Å²) < 4.78 is 13.5. The number of halogens is 1. The van der Waals surface area contributed by atoms with E-state index in [1.165, 1.54) is 12.1 Å². The van der Waals surface area contributed by atoms with Gasteiger partial charge in [-0.05, 0) is 39.1 Å². The van der Waals surface area contributed by atoms with Gasteiger partial charge in [-0.1, -0.05) is 0 Å². The molecule has 1 aromatic carbocycles. The number of likely N-dealkylation sites (N-methyl/N-ethyl adjacent to an activating group) is 1. The fourth-order valence-electron chi connectivity index (χ4n) is 2.28. The summed E-state index contributed by atoms with van der Waals surface area (Å²) in [5.74, 6) is -0.346. The van der Waals surface area contributed by atoms with Crippen LogP contribution in [0.3, 0.4) is 0 Å². The molecule has 1 saturated heterocycles. The van der Waals surface area contributed by atoms with Crippen molar-refractivity contribution in [3.05, 3.63) is 29.6 Å². The Morgan fingerprint density at radius 1 is 1.28 bits per heavy atom. The predicted molar refractivity (Wildman–Crippen MR) is 70.0 cm³/mol. The Kier molecular flexibility index (Phi) is 3.27. The van der Waals surface area contributed by atoms with Crippen molar-refractivity contribution >= 4 is 5.69 Å². The van der Waals surface area contributed by atoms with Gasteiger partial charge in [0.1, 0.15) is 5.82 Å². The number of rotatable bonds is 1. The van der Waals surface area contributed by atoms with Crippen LogP contribution in [0.1, 0.15) is 19.4 Å². The maximum Gasteiger partial charge on any atom is 0.126 e. The molecule has 0 bridgehead atoms. The molecule has 0 radical (unpaired) electrons. The average molecular weight is 247 g/mol. The van der Waals surface area contributed by atoms with Crippen molar-refractivity contribution in [3.63, 3.8) is 0 Å². The van der Waals surface area contributed by atoms with Gasteiger partial charge < -0.3 is 4.90 Å². The maximum absolute atomic E-state index is 13.5. The van der Waals surface area contributed by atoms with Gasteiger partial charge in [0.2, 0.25) is 0 Å². The zero-order valence-corrected chi connectivity index (χ0v) is 11.1. The van der Waals surface area contributed by atoms with E-state index >= 15 is 0 Å². The summed E-state index contributed by atoms with van der Waals surface area (Å²) in [5, 5.41) is 8.89. The molecule has 4 heteroatoms. The van der Waals surface area contributed by atoms with Gasteiger partial charge in [-0.15, -0.1) is 0 Å². The molecule has 0 spiro atoms. The first-order valence-electron chi connectivity index (χ1n) is 6.09. The van der Waals surface area contributed by atoms with Gasteiger partial charge in [0.05, 0.1) is 11.6 Å². The molecule has 3 nitrogen and oxygen atoms in total. The Labute approximate surface area is 107 Å². The molecule has 0 amide bonds. The predicted octanol–water partition coefficient (Wildman–Crippen LogP) is 2.23. The summed E-state index contributed by atoms with van der Waals surface area (Å²) in [6.07, 6.45) is 0. The second-order valence-corrected chi connectivity index (χ2v) is 5.47. The van der Waals surface area contributed by atoms with E-state index in [0.29, 0.717) is 5.56 Å². The van der Waals surface area contributed by atoms with E-state index in [9.17, 15) is 4.39 Å². The number of nitriles is 1. The van der Waals surface area contributed by atoms with E-state index in [1.807, 2.05) is 6.07 Å². The van der Waals surface area contributed by atoms with Crippen LogP contribution in [0, 0.1) is 17.1 Å². The lowest BCUT2D eigenvalue weighted by molar-refractivity contribution is 0.139. The number of hydrogen-bond donors (Lipinski definition) is 0. The molecule has 96 valence electrons. The minimum atomic E-state index is -0.346. The lowest BCUT2D eigenvalue weighted by Gasteiger charge is -2.46. The molecule has 1 aromatic rings. The van der Waals surface area contributed by atoms with E-state index in [2.05, 4.69) is 30.7 Å². The number of benzene rings is 1. The SMILES string of the molecule is CN1CCN(c2cc(F)cc(C#N)c2)CC1(C)C. The fraction of sp³-hybridized carbons (Fsp3) is 0.500. The highest BCUT2D eigenvalue weighted by Crippen LogP contribution is 2.25. The van der Waals surface area contributed by atoms with Gasteiger partial charge in [-0.3, -0.25) is 4.90 Å². The topological polar surface area (TPSA) is 30.3 Å². The molecule has 0 N–H and O–H groups in total. The van der Waals surface area contributed by atoms with E-state index in [4.69, 9.17) is 5.26 Å². The second-order valence-electron chi connectivity index (χ2n) is 5.47. The van der Waals surface area contributed by atoms with Crippen molar-refractivity contribution in [2.75, 3.05) is 31.6 Å². The van der Waals surface area contributed by atoms with Crippen LogP contribution in [-0.2, 0) is 0 Å². The van der Waals surface area contributed by atoms with Crippen molar-refractivity contribution in [3.8, 4) is 6.07 Å². The van der Waals surface area contributed by atoms with Gasteiger partial charge in [0.15, 0.2) is 0 Å². The highest BCUT2D eigenvalue weighted by Gasteiger charge is 2.31. The third-order valence-corrected chi connectivity index (χ3v) is 3.69. The van der Waals surface area contributed by atoms with E-state index < -0.39 is 0 Å². The van der Waals surface area contributed by atoms with Crippen LogP contribution >= 0.6 is 0 Å². The van der Waals surface area contributed by atoms with Crippen molar-refractivity contribution in [2.45, 2.75) is 19.4 Å². The summed E-state index contributed by atoms with van der Waals surface area (Å²) in [6, 6.07) is 6.52. The molecule has 0 saturated carbocycles. The molecule has 1 heterocycles. The normalized spacial score (nSPS) is 19.6. The highest BCUT2D eigenvalue weighted by atomic mass is 19.1. The largest absolute Gasteiger partial charge is 0.368 e. The summed E-state index contributed by atoms with van der Waals surface area (Å²) in [7, 11) is 2.10. The first-order valence-corrected chi connectivity index (χ1v) is 6.09. The standard InChI is InChI=1S/C14H18FN3/c1-14(2)10-18(5-4-17(14)3)13-7-11(9-16)6-12(15)8-13/h6-8H,4-5,10H2,1-3H3. The van der Waals surface area contributed by atoms with Gasteiger partial charge in [-0.25, -0.2) is 4.39 Å². The molecule has 2 rings (SSSR count). The van der Waals surface area contributed by atoms with E-state index in [0.717, 1.165) is 25.3 Å². The molecule has 0 aliphatic carbocycles. The van der Waals surface area contributed by atoms with Crippen LogP contribution in [0.5, 0.6) is 0 Å². The van der Waals surface area contributed by atoms with Crippen LogP contribution in [-0.4, -0.2) is 37.1 Å². The Morgan fingerprint density at radius 2 is 2.00 bits per heavy atom. The third-order valence-electron chi connectivity index (χ3n) is 3.69. The first-order chi connectivity index (χ1) is 8.42. The molecule has 18 heavy (non-hydrogen) atoms. The number of nitrogens with zero attached hydrogens (tertiary/aromatic N) is 3. The zero-order valence-electron chi connectivity index (χ0n) is 11.1. The quantitative estimate of drug-likeness (QED) is 0.762. The molecular weight excluding hydrogens is 229 g/mol. The number of piperazine rings is 1. The maximum atomic E-state index is 13.5. The van der Waals surface area contributed by atoms with Gasteiger partial charge >= 0.3 is 0 Å². The molecule has 0 aromatic heterocycles. The average Bonchev–Trinajstić information content (AvgIpc) is 2.31. The lowest BCUT2D eigenvalue weighted by atomic mass is 9.99. The Balaban J connectivity index is 2.28. The highest BCUT2D eigenvalue weighted by molar-refractivity contribution is 5.52. The minimum Gasteiger partial charge on any atom is -0.368 e. The Bertz CT molecular complexity index is 490. The number of hydrogen-bond acceptors (Lipinski definition) is 3. The first kappa shape index (κ1) is 12.8. The second kappa shape index (κ2) is 4.58. The smallest absolute Gasteiger partial charge is 0.126 e. The third kappa shape index (κ3) is 2.46. The van der Waals surface area contributed by atoms with Gasteiger partial charge in [0.25, 0.3) is 0 Å². The van der Waals surface area contributed by atoms with Crippen LogP contribution in [0.25, 0.3) is 0 Å². The van der Waals surface area contributed by atoms with Crippen LogP contribution in [0.4, 0.5) is 10.1 Å². The van der Waals surface area contributed by atoms with Gasteiger partial charge in [0, 0.05) is 30.9 Å². The monoisotopic (exact) mass is 247 g/mol. The zero-order chi connectivity index (χ0) is 13.3. The summed E-state index contributed by atoms with van der Waals surface area (Å²) >= 11 is 0. The molecular formula is C14H18FN3. The number of anilines is 1. The molecule has 0 atom stereocenters. The molecule has 0 unspecified atom stereocenters. The van der Waals surface area contributed by atoms with Crippen molar-refractivity contribution in [1.82, 2.24) is 4.90 Å².